The van der Waals surface area contributed by atoms with E-state index in [1.165, 1.54) is 4.90 Å². The Morgan fingerprint density at radius 3 is 2.46 bits per heavy atom. The van der Waals surface area contributed by atoms with E-state index >= 15 is 0 Å². The Bertz CT molecular complexity index is 782. The van der Waals surface area contributed by atoms with Gasteiger partial charge in [-0.1, -0.05) is 17.7 Å². The van der Waals surface area contributed by atoms with Crippen molar-refractivity contribution in [3.05, 3.63) is 28.8 Å². The molecule has 0 aromatic heterocycles. The number of morpholine rings is 1. The fraction of sp³-hybridized carbons (Fsp3) is 0.529. The van der Waals surface area contributed by atoms with Crippen molar-refractivity contribution in [2.24, 2.45) is 0 Å². The largest absolute Gasteiger partial charge is 0.480 e. The van der Waals surface area contributed by atoms with Crippen LogP contribution >= 0.6 is 0 Å². The third-order valence-corrected chi connectivity index (χ3v) is 6.00. The summed E-state index contributed by atoms with van der Waals surface area (Å²) in [7, 11) is -3.76. The first-order valence-electron chi connectivity index (χ1n) is 8.31. The Morgan fingerprint density at radius 1 is 1.27 bits per heavy atom. The lowest BCUT2D eigenvalue weighted by atomic mass is 10.1. The zero-order valence-corrected chi connectivity index (χ0v) is 15.9. The summed E-state index contributed by atoms with van der Waals surface area (Å²) in [5, 5.41) is 9.16. The first kappa shape index (κ1) is 20.3. The summed E-state index contributed by atoms with van der Waals surface area (Å²) in [6.07, 6.45) is -0.118. The van der Waals surface area contributed by atoms with Gasteiger partial charge in [-0.2, -0.15) is 0 Å². The lowest BCUT2D eigenvalue weighted by Gasteiger charge is -2.32. The molecule has 8 nitrogen and oxygen atoms in total. The van der Waals surface area contributed by atoms with Crippen molar-refractivity contribution >= 4 is 21.9 Å². The smallest absolute Gasteiger partial charge is 0.328 e. The number of aliphatic carboxylic acids is 1. The number of carbonyl (C=O) groups excluding carboxylic acids is 1. The van der Waals surface area contributed by atoms with Gasteiger partial charge in [-0.25, -0.2) is 17.9 Å². The second-order valence-corrected chi connectivity index (χ2v) is 8.10. The maximum atomic E-state index is 12.6. The standard InChI is InChI=1S/C17H24N2O6S/c1-11-8-12(2)16(13(3)9-11)26(23,24)18-5-4-15(20)19-6-7-25-10-14(19)17(21)22/h8-9,14,18H,4-7,10H2,1-3H3,(H,21,22). The Kier molecular flexibility index (Phi) is 6.38. The van der Waals surface area contributed by atoms with Gasteiger partial charge in [0.2, 0.25) is 15.9 Å². The van der Waals surface area contributed by atoms with Crippen molar-refractivity contribution < 1.29 is 27.9 Å². The lowest BCUT2D eigenvalue weighted by Crippen LogP contribution is -2.53. The number of ether oxygens (including phenoxy) is 1. The highest BCUT2D eigenvalue weighted by Gasteiger charge is 2.32. The molecular weight excluding hydrogens is 360 g/mol. The number of hydrogen-bond acceptors (Lipinski definition) is 5. The van der Waals surface area contributed by atoms with E-state index in [1.807, 2.05) is 6.92 Å². The normalized spacial score (nSPS) is 18.0. The SMILES string of the molecule is Cc1cc(C)c(S(=O)(=O)NCCC(=O)N2CCOCC2C(=O)O)c(C)c1. The number of carboxylic acids is 1. The molecule has 1 heterocycles. The van der Waals surface area contributed by atoms with Crippen LogP contribution in [0.25, 0.3) is 0 Å². The first-order valence-corrected chi connectivity index (χ1v) is 9.79. The maximum Gasteiger partial charge on any atom is 0.328 e. The lowest BCUT2D eigenvalue weighted by molar-refractivity contribution is -0.158. The van der Waals surface area contributed by atoms with Crippen LogP contribution in [0.3, 0.4) is 0 Å². The third-order valence-electron chi connectivity index (χ3n) is 4.24. The van der Waals surface area contributed by atoms with E-state index in [0.29, 0.717) is 11.1 Å². The number of hydrogen-bond donors (Lipinski definition) is 2. The van der Waals surface area contributed by atoms with Gasteiger partial charge in [-0.05, 0) is 31.9 Å². The van der Waals surface area contributed by atoms with E-state index in [1.54, 1.807) is 26.0 Å². The molecule has 1 aliphatic heterocycles. The summed E-state index contributed by atoms with van der Waals surface area (Å²) < 4.78 is 32.7. The fourth-order valence-corrected chi connectivity index (χ4v) is 4.69. The molecule has 1 amide bonds. The van der Waals surface area contributed by atoms with E-state index in [2.05, 4.69) is 4.72 Å². The van der Waals surface area contributed by atoms with Crippen LogP contribution in [0.2, 0.25) is 0 Å². The molecule has 0 bridgehead atoms. The number of rotatable bonds is 6. The number of sulfonamides is 1. The van der Waals surface area contributed by atoms with Gasteiger partial charge < -0.3 is 14.7 Å². The second-order valence-electron chi connectivity index (χ2n) is 6.39. The number of nitrogens with one attached hydrogen (secondary N) is 1. The second kappa shape index (κ2) is 8.15. The van der Waals surface area contributed by atoms with Crippen LogP contribution in [0.15, 0.2) is 17.0 Å². The Labute approximate surface area is 153 Å². The number of benzene rings is 1. The molecule has 2 rings (SSSR count). The molecule has 1 saturated heterocycles. The number of nitrogens with zero attached hydrogens (tertiary/aromatic N) is 1. The molecule has 1 aromatic rings. The average Bonchev–Trinajstić information content (AvgIpc) is 2.53. The van der Waals surface area contributed by atoms with Crippen molar-refractivity contribution in [2.45, 2.75) is 38.1 Å². The summed E-state index contributed by atoms with van der Waals surface area (Å²) in [6, 6.07) is 2.55. The van der Waals surface area contributed by atoms with Gasteiger partial charge in [0, 0.05) is 19.5 Å². The molecular formula is C17H24N2O6S. The Hall–Kier alpha value is -1.97. The average molecular weight is 384 g/mol. The highest BCUT2D eigenvalue weighted by Crippen LogP contribution is 2.21. The molecule has 1 unspecified atom stereocenters. The zero-order chi connectivity index (χ0) is 19.5. The van der Waals surface area contributed by atoms with Gasteiger partial charge in [-0.3, -0.25) is 4.79 Å². The van der Waals surface area contributed by atoms with Crippen LogP contribution in [0.4, 0.5) is 0 Å². The predicted octanol–water partition coefficient (Wildman–Crippen LogP) is 0.592. The Balaban J connectivity index is 2.02. The highest BCUT2D eigenvalue weighted by atomic mass is 32.2. The number of carboxylic acid groups (broad SMARTS) is 1. The fourth-order valence-electron chi connectivity index (χ4n) is 3.21. The summed E-state index contributed by atoms with van der Waals surface area (Å²) in [5.41, 5.74) is 2.25. The number of carbonyl (C=O) groups is 2. The summed E-state index contributed by atoms with van der Waals surface area (Å²) >= 11 is 0. The predicted molar refractivity (Wildman–Crippen MR) is 94.4 cm³/mol. The monoisotopic (exact) mass is 384 g/mol. The molecule has 144 valence electrons. The molecule has 26 heavy (non-hydrogen) atoms. The third kappa shape index (κ3) is 4.60. The van der Waals surface area contributed by atoms with Crippen LogP contribution in [0, 0.1) is 20.8 Å². The molecule has 1 fully saturated rings. The van der Waals surface area contributed by atoms with Gasteiger partial charge in [0.25, 0.3) is 0 Å². The van der Waals surface area contributed by atoms with Crippen LogP contribution in [-0.2, 0) is 24.3 Å². The summed E-state index contributed by atoms with van der Waals surface area (Å²) in [4.78, 5) is 24.9. The van der Waals surface area contributed by atoms with Gasteiger partial charge in [-0.15, -0.1) is 0 Å². The van der Waals surface area contributed by atoms with Crippen LogP contribution in [0.1, 0.15) is 23.1 Å². The Morgan fingerprint density at radius 2 is 1.88 bits per heavy atom. The van der Waals surface area contributed by atoms with Crippen molar-refractivity contribution in [3.8, 4) is 0 Å². The molecule has 0 spiro atoms. The number of amides is 1. The van der Waals surface area contributed by atoms with E-state index in [4.69, 9.17) is 9.84 Å². The van der Waals surface area contributed by atoms with Crippen LogP contribution in [0.5, 0.6) is 0 Å². The minimum absolute atomic E-state index is 0.0610. The van der Waals surface area contributed by atoms with Gasteiger partial charge in [0.1, 0.15) is 0 Å². The molecule has 9 heteroatoms. The van der Waals surface area contributed by atoms with Crippen molar-refractivity contribution in [2.75, 3.05) is 26.3 Å². The van der Waals surface area contributed by atoms with E-state index in [9.17, 15) is 18.0 Å². The van der Waals surface area contributed by atoms with Gasteiger partial charge >= 0.3 is 5.97 Å². The van der Waals surface area contributed by atoms with Gasteiger partial charge in [0.05, 0.1) is 18.1 Å². The quantitative estimate of drug-likeness (QED) is 0.742. The van der Waals surface area contributed by atoms with E-state index in [-0.39, 0.29) is 37.6 Å². The molecule has 2 N–H and O–H groups in total. The molecule has 1 aliphatic rings. The van der Waals surface area contributed by atoms with E-state index in [0.717, 1.165) is 5.56 Å². The molecule has 1 aromatic carbocycles. The number of aryl methyl sites for hydroxylation is 3. The van der Waals surface area contributed by atoms with Crippen LogP contribution in [-0.4, -0.2) is 62.6 Å². The first-order chi connectivity index (χ1) is 12.1. The highest BCUT2D eigenvalue weighted by molar-refractivity contribution is 7.89. The molecule has 0 radical (unpaired) electrons. The molecule has 0 saturated carbocycles. The minimum Gasteiger partial charge on any atom is -0.480 e. The zero-order valence-electron chi connectivity index (χ0n) is 15.1. The summed E-state index contributed by atoms with van der Waals surface area (Å²) in [6.45, 7) is 5.63. The topological polar surface area (TPSA) is 113 Å². The van der Waals surface area contributed by atoms with Gasteiger partial charge in [0.15, 0.2) is 6.04 Å². The molecule has 1 atom stereocenters. The van der Waals surface area contributed by atoms with Crippen molar-refractivity contribution in [1.29, 1.82) is 0 Å². The maximum absolute atomic E-state index is 12.6. The summed E-state index contributed by atoms with van der Waals surface area (Å²) in [5.74, 6) is -1.55. The minimum atomic E-state index is -3.76. The van der Waals surface area contributed by atoms with E-state index < -0.39 is 27.9 Å². The molecule has 0 aliphatic carbocycles. The van der Waals surface area contributed by atoms with Crippen molar-refractivity contribution in [1.82, 2.24) is 9.62 Å². The van der Waals surface area contributed by atoms with Crippen LogP contribution < -0.4 is 4.72 Å². The van der Waals surface area contributed by atoms with Crippen molar-refractivity contribution in [3.63, 3.8) is 0 Å².